The number of carbonyl (C=O) groups is 1. The minimum atomic E-state index is 0.0194. The number of hydrogen-bond donors (Lipinski definition) is 2. The average Bonchev–Trinajstić information content (AvgIpc) is 3.01. The number of nitrogens with zero attached hydrogens (tertiary/aromatic N) is 2. The third kappa shape index (κ3) is 4.08. The second kappa shape index (κ2) is 6.64. The predicted molar refractivity (Wildman–Crippen MR) is 70.1 cm³/mol. The Morgan fingerprint density at radius 1 is 1.28 bits per heavy atom. The van der Waals surface area contributed by atoms with Crippen LogP contribution in [0.15, 0.2) is 36.9 Å². The fraction of sp³-hybridized carbons (Fsp3) is 0.385. The van der Waals surface area contributed by atoms with Crippen LogP contribution < -0.4 is 5.32 Å². The monoisotopic (exact) mass is 246 g/mol. The number of carbonyl (C=O) groups excluding carboxylic acids is 1. The van der Waals surface area contributed by atoms with Gasteiger partial charge in [0.1, 0.15) is 0 Å². The quantitative estimate of drug-likeness (QED) is 0.737. The van der Waals surface area contributed by atoms with E-state index in [4.69, 9.17) is 0 Å². The summed E-state index contributed by atoms with van der Waals surface area (Å²) in [7, 11) is 0. The molecule has 5 heteroatoms. The average molecular weight is 246 g/mol. The molecule has 0 radical (unpaired) electrons. The molecule has 0 aliphatic heterocycles. The van der Waals surface area contributed by atoms with Crippen molar-refractivity contribution in [1.82, 2.24) is 14.5 Å². The van der Waals surface area contributed by atoms with Crippen molar-refractivity contribution in [2.24, 2.45) is 0 Å². The summed E-state index contributed by atoms with van der Waals surface area (Å²) >= 11 is 0. The van der Waals surface area contributed by atoms with Crippen molar-refractivity contribution >= 4 is 11.9 Å². The Hall–Kier alpha value is -2.04. The van der Waals surface area contributed by atoms with Gasteiger partial charge in [0.25, 0.3) is 0 Å². The molecule has 0 unspecified atom stereocenters. The van der Waals surface area contributed by atoms with Gasteiger partial charge in [0, 0.05) is 37.8 Å². The van der Waals surface area contributed by atoms with Crippen LogP contribution in [0.3, 0.4) is 0 Å². The number of amides is 1. The molecule has 96 valence electrons. The zero-order valence-corrected chi connectivity index (χ0v) is 10.3. The first-order valence-electron chi connectivity index (χ1n) is 6.24. The summed E-state index contributed by atoms with van der Waals surface area (Å²) in [6.45, 7) is 1.02. The summed E-state index contributed by atoms with van der Waals surface area (Å²) in [5.74, 6) is 0.540. The van der Waals surface area contributed by atoms with Crippen LogP contribution in [0.4, 0.5) is 5.95 Å². The van der Waals surface area contributed by atoms with E-state index in [0.717, 1.165) is 25.8 Å². The van der Waals surface area contributed by atoms with Gasteiger partial charge in [0.15, 0.2) is 0 Å². The Bertz CT molecular complexity index is 447. The van der Waals surface area contributed by atoms with Crippen LogP contribution in [0.1, 0.15) is 25.7 Å². The van der Waals surface area contributed by atoms with Crippen LogP contribution >= 0.6 is 0 Å². The lowest BCUT2D eigenvalue weighted by molar-refractivity contribution is -0.116. The molecule has 0 aliphatic carbocycles. The van der Waals surface area contributed by atoms with E-state index >= 15 is 0 Å². The normalized spacial score (nSPS) is 10.4. The molecule has 2 rings (SSSR count). The SMILES string of the molecule is O=C(CCCCCn1cccc1)Nc1ncc[nH]1. The lowest BCUT2D eigenvalue weighted by atomic mass is 10.2. The summed E-state index contributed by atoms with van der Waals surface area (Å²) in [5.41, 5.74) is 0. The number of H-pyrrole nitrogens is 1. The first-order valence-corrected chi connectivity index (χ1v) is 6.24. The molecule has 0 atom stereocenters. The highest BCUT2D eigenvalue weighted by Gasteiger charge is 2.02. The van der Waals surface area contributed by atoms with E-state index in [9.17, 15) is 4.79 Å². The third-order valence-corrected chi connectivity index (χ3v) is 2.74. The van der Waals surface area contributed by atoms with E-state index in [1.807, 2.05) is 12.1 Å². The molecular weight excluding hydrogens is 228 g/mol. The summed E-state index contributed by atoms with van der Waals surface area (Å²) in [6, 6.07) is 4.05. The molecule has 2 heterocycles. The number of aromatic amines is 1. The van der Waals surface area contributed by atoms with Gasteiger partial charge in [-0.25, -0.2) is 4.98 Å². The minimum Gasteiger partial charge on any atom is -0.354 e. The topological polar surface area (TPSA) is 62.7 Å². The summed E-state index contributed by atoms with van der Waals surface area (Å²) in [5, 5.41) is 2.72. The first-order chi connectivity index (χ1) is 8.84. The van der Waals surface area contributed by atoms with Gasteiger partial charge >= 0.3 is 0 Å². The van der Waals surface area contributed by atoms with Crippen molar-refractivity contribution in [3.05, 3.63) is 36.9 Å². The van der Waals surface area contributed by atoms with E-state index < -0.39 is 0 Å². The molecule has 0 saturated heterocycles. The molecule has 5 nitrogen and oxygen atoms in total. The maximum Gasteiger partial charge on any atom is 0.226 e. The molecule has 1 amide bonds. The van der Waals surface area contributed by atoms with Crippen LogP contribution in [0.25, 0.3) is 0 Å². The zero-order chi connectivity index (χ0) is 12.6. The molecule has 0 fully saturated rings. The van der Waals surface area contributed by atoms with Gasteiger partial charge in [0.05, 0.1) is 0 Å². The van der Waals surface area contributed by atoms with Crippen molar-refractivity contribution in [2.75, 3.05) is 5.32 Å². The Labute approximate surface area is 106 Å². The van der Waals surface area contributed by atoms with E-state index in [0.29, 0.717) is 12.4 Å². The smallest absolute Gasteiger partial charge is 0.226 e. The van der Waals surface area contributed by atoms with Crippen LogP contribution in [0, 0.1) is 0 Å². The Balaban J connectivity index is 1.54. The Morgan fingerprint density at radius 3 is 2.83 bits per heavy atom. The van der Waals surface area contributed by atoms with E-state index in [-0.39, 0.29) is 5.91 Å². The van der Waals surface area contributed by atoms with Crippen molar-refractivity contribution in [3.8, 4) is 0 Å². The summed E-state index contributed by atoms with van der Waals surface area (Å²) in [6.07, 6.45) is 11.0. The molecule has 18 heavy (non-hydrogen) atoms. The number of imidazole rings is 1. The molecule has 0 saturated carbocycles. The van der Waals surface area contributed by atoms with Crippen LogP contribution in [-0.4, -0.2) is 20.4 Å². The highest BCUT2D eigenvalue weighted by Crippen LogP contribution is 2.04. The largest absolute Gasteiger partial charge is 0.354 e. The zero-order valence-electron chi connectivity index (χ0n) is 10.3. The second-order valence-corrected chi connectivity index (χ2v) is 4.22. The first kappa shape index (κ1) is 12.4. The van der Waals surface area contributed by atoms with E-state index in [2.05, 4.69) is 32.2 Å². The Morgan fingerprint density at radius 2 is 2.11 bits per heavy atom. The van der Waals surface area contributed by atoms with Crippen molar-refractivity contribution < 1.29 is 4.79 Å². The maximum atomic E-state index is 11.5. The number of anilines is 1. The summed E-state index contributed by atoms with van der Waals surface area (Å²) in [4.78, 5) is 18.3. The van der Waals surface area contributed by atoms with Gasteiger partial charge in [-0.15, -0.1) is 0 Å². The number of unbranched alkanes of at least 4 members (excludes halogenated alkanes) is 2. The van der Waals surface area contributed by atoms with Gasteiger partial charge in [-0.1, -0.05) is 6.42 Å². The highest BCUT2D eigenvalue weighted by atomic mass is 16.1. The Kier molecular flexibility index (Phi) is 4.58. The minimum absolute atomic E-state index is 0.0194. The molecule has 2 aromatic rings. The summed E-state index contributed by atoms with van der Waals surface area (Å²) < 4.78 is 2.16. The van der Waals surface area contributed by atoms with Crippen molar-refractivity contribution in [2.45, 2.75) is 32.2 Å². The number of rotatable bonds is 7. The second-order valence-electron chi connectivity index (χ2n) is 4.22. The molecular formula is C13H18N4O. The van der Waals surface area contributed by atoms with Gasteiger partial charge in [0.2, 0.25) is 11.9 Å². The standard InChI is InChI=1S/C13H18N4O/c18-12(16-13-14-7-8-15-13)6-2-1-3-9-17-10-4-5-11-17/h4-5,7-8,10-11H,1-3,6,9H2,(H2,14,15,16,18). The molecule has 0 bridgehead atoms. The van der Waals surface area contributed by atoms with Gasteiger partial charge in [-0.05, 0) is 25.0 Å². The van der Waals surface area contributed by atoms with E-state index in [1.165, 1.54) is 0 Å². The van der Waals surface area contributed by atoms with Crippen LogP contribution in [0.5, 0.6) is 0 Å². The molecule has 0 spiro atoms. The molecule has 0 aromatic carbocycles. The van der Waals surface area contributed by atoms with Crippen LogP contribution in [-0.2, 0) is 11.3 Å². The highest BCUT2D eigenvalue weighted by molar-refractivity contribution is 5.88. The third-order valence-electron chi connectivity index (χ3n) is 2.74. The molecule has 2 N–H and O–H groups in total. The van der Waals surface area contributed by atoms with E-state index in [1.54, 1.807) is 12.4 Å². The number of aryl methyl sites for hydroxylation is 1. The van der Waals surface area contributed by atoms with Gasteiger partial charge in [-0.3, -0.25) is 10.1 Å². The fourth-order valence-electron chi connectivity index (χ4n) is 1.80. The number of hydrogen-bond acceptors (Lipinski definition) is 2. The van der Waals surface area contributed by atoms with Gasteiger partial charge < -0.3 is 9.55 Å². The molecule has 0 aliphatic rings. The lowest BCUT2D eigenvalue weighted by Gasteiger charge is -2.03. The van der Waals surface area contributed by atoms with Crippen LogP contribution in [0.2, 0.25) is 0 Å². The fourth-order valence-corrected chi connectivity index (χ4v) is 1.80. The maximum absolute atomic E-state index is 11.5. The van der Waals surface area contributed by atoms with Crippen molar-refractivity contribution in [1.29, 1.82) is 0 Å². The number of aromatic nitrogens is 3. The number of nitrogens with one attached hydrogen (secondary N) is 2. The lowest BCUT2D eigenvalue weighted by Crippen LogP contribution is -2.12. The molecule has 2 aromatic heterocycles. The predicted octanol–water partition coefficient (Wildman–Crippen LogP) is 2.41. The van der Waals surface area contributed by atoms with Crippen molar-refractivity contribution in [3.63, 3.8) is 0 Å². The van der Waals surface area contributed by atoms with Gasteiger partial charge in [-0.2, -0.15) is 0 Å².